The Morgan fingerprint density at radius 3 is 2.90 bits per heavy atom. The molecule has 2 aromatic rings. The predicted molar refractivity (Wildman–Crippen MR) is 81.7 cm³/mol. The van der Waals surface area contributed by atoms with E-state index in [-0.39, 0.29) is 5.56 Å². The number of hydrogen-bond acceptors (Lipinski definition) is 4. The first-order chi connectivity index (χ1) is 9.52. The summed E-state index contributed by atoms with van der Waals surface area (Å²) >= 11 is 3.31. The van der Waals surface area contributed by atoms with Crippen LogP contribution in [0.5, 0.6) is 0 Å². The van der Waals surface area contributed by atoms with Crippen LogP contribution in [0.2, 0.25) is 0 Å². The molecule has 0 aliphatic carbocycles. The van der Waals surface area contributed by atoms with E-state index in [9.17, 15) is 4.79 Å². The van der Waals surface area contributed by atoms with Gasteiger partial charge in [0.15, 0.2) is 0 Å². The van der Waals surface area contributed by atoms with Crippen molar-refractivity contribution in [2.75, 3.05) is 5.32 Å². The van der Waals surface area contributed by atoms with Crippen molar-refractivity contribution in [2.24, 2.45) is 7.05 Å². The summed E-state index contributed by atoms with van der Waals surface area (Å²) < 4.78 is 3.58. The first-order valence-electron chi connectivity index (χ1n) is 6.12. The quantitative estimate of drug-likeness (QED) is 0.845. The average molecular weight is 338 g/mol. The zero-order chi connectivity index (χ0) is 14.7. The third-order valence-corrected chi connectivity index (χ3v) is 3.64. The SMILES string of the molecule is C=CCn1ncc(NCc2cn(C)nc2C)c(Br)c1=O. The summed E-state index contributed by atoms with van der Waals surface area (Å²) in [6, 6.07) is 0. The molecule has 0 aromatic carbocycles. The van der Waals surface area contributed by atoms with Crippen molar-refractivity contribution in [3.63, 3.8) is 0 Å². The van der Waals surface area contributed by atoms with Crippen LogP contribution in [0.25, 0.3) is 0 Å². The second-order valence-corrected chi connectivity index (χ2v) is 5.21. The zero-order valence-electron chi connectivity index (χ0n) is 11.4. The van der Waals surface area contributed by atoms with E-state index >= 15 is 0 Å². The molecule has 0 saturated heterocycles. The van der Waals surface area contributed by atoms with E-state index in [1.807, 2.05) is 20.2 Å². The van der Waals surface area contributed by atoms with Crippen LogP contribution < -0.4 is 10.9 Å². The Morgan fingerprint density at radius 2 is 2.30 bits per heavy atom. The first-order valence-corrected chi connectivity index (χ1v) is 6.91. The normalized spacial score (nSPS) is 10.6. The Labute approximate surface area is 125 Å². The molecule has 2 heterocycles. The zero-order valence-corrected chi connectivity index (χ0v) is 13.0. The second kappa shape index (κ2) is 6.04. The molecule has 2 aromatic heterocycles. The number of nitrogens with one attached hydrogen (secondary N) is 1. The Hall–Kier alpha value is -1.89. The van der Waals surface area contributed by atoms with Crippen molar-refractivity contribution in [3.8, 4) is 0 Å². The molecule has 0 saturated carbocycles. The van der Waals surface area contributed by atoms with Gasteiger partial charge >= 0.3 is 0 Å². The Morgan fingerprint density at radius 1 is 1.55 bits per heavy atom. The number of halogens is 1. The summed E-state index contributed by atoms with van der Waals surface area (Å²) in [5.41, 5.74) is 2.52. The number of nitrogens with zero attached hydrogens (tertiary/aromatic N) is 4. The fraction of sp³-hybridized carbons (Fsp3) is 0.308. The van der Waals surface area contributed by atoms with Crippen molar-refractivity contribution >= 4 is 21.6 Å². The Kier molecular flexibility index (Phi) is 4.39. The molecular weight excluding hydrogens is 322 g/mol. The number of anilines is 1. The number of aryl methyl sites for hydroxylation is 2. The lowest BCUT2D eigenvalue weighted by Crippen LogP contribution is -2.23. The molecular formula is C13H16BrN5O. The highest BCUT2D eigenvalue weighted by Gasteiger charge is 2.09. The Balaban J connectivity index is 2.18. The smallest absolute Gasteiger partial charge is 0.283 e. The molecule has 0 bridgehead atoms. The van der Waals surface area contributed by atoms with Crippen LogP contribution in [0.1, 0.15) is 11.3 Å². The summed E-state index contributed by atoms with van der Waals surface area (Å²) in [5.74, 6) is 0. The monoisotopic (exact) mass is 337 g/mol. The summed E-state index contributed by atoms with van der Waals surface area (Å²) in [4.78, 5) is 12.0. The largest absolute Gasteiger partial charge is 0.378 e. The van der Waals surface area contributed by atoms with Gasteiger partial charge < -0.3 is 5.32 Å². The third-order valence-electron chi connectivity index (χ3n) is 2.87. The number of allylic oxidation sites excluding steroid dienone is 1. The lowest BCUT2D eigenvalue weighted by molar-refractivity contribution is 0.649. The topological polar surface area (TPSA) is 64.7 Å². The van der Waals surface area contributed by atoms with Crippen molar-refractivity contribution in [2.45, 2.75) is 20.0 Å². The summed E-state index contributed by atoms with van der Waals surface area (Å²) in [6.07, 6.45) is 5.20. The molecule has 106 valence electrons. The van der Waals surface area contributed by atoms with Gasteiger partial charge in [-0.25, -0.2) is 4.68 Å². The van der Waals surface area contributed by atoms with Gasteiger partial charge in [0.25, 0.3) is 5.56 Å². The lowest BCUT2D eigenvalue weighted by Gasteiger charge is -2.09. The highest BCUT2D eigenvalue weighted by molar-refractivity contribution is 9.10. The van der Waals surface area contributed by atoms with Gasteiger partial charge in [0.05, 0.1) is 24.1 Å². The third kappa shape index (κ3) is 2.98. The maximum absolute atomic E-state index is 12.0. The van der Waals surface area contributed by atoms with Gasteiger partial charge in [-0.05, 0) is 22.9 Å². The van der Waals surface area contributed by atoms with Gasteiger partial charge in [-0.3, -0.25) is 9.48 Å². The molecule has 20 heavy (non-hydrogen) atoms. The number of hydrogen-bond donors (Lipinski definition) is 1. The first kappa shape index (κ1) is 14.5. The van der Waals surface area contributed by atoms with Crippen molar-refractivity contribution in [1.29, 1.82) is 0 Å². The Bertz CT molecular complexity index is 689. The van der Waals surface area contributed by atoms with Crippen LogP contribution in [-0.4, -0.2) is 19.6 Å². The fourth-order valence-corrected chi connectivity index (χ4v) is 2.30. The van der Waals surface area contributed by atoms with Crippen LogP contribution in [-0.2, 0) is 20.1 Å². The standard InChI is InChI=1S/C13H16BrN5O/c1-4-5-19-13(20)12(14)11(7-16-19)15-6-10-8-18(3)17-9(10)2/h4,7-8,15H,1,5-6H2,2-3H3. The summed E-state index contributed by atoms with van der Waals surface area (Å²) in [6.45, 7) is 6.52. The van der Waals surface area contributed by atoms with Crippen LogP contribution in [0, 0.1) is 6.92 Å². The molecule has 0 radical (unpaired) electrons. The minimum absolute atomic E-state index is 0.183. The molecule has 2 rings (SSSR count). The van der Waals surface area contributed by atoms with E-state index in [0.717, 1.165) is 11.3 Å². The van der Waals surface area contributed by atoms with Crippen LogP contribution in [0.4, 0.5) is 5.69 Å². The molecule has 1 N–H and O–H groups in total. The van der Waals surface area contributed by atoms with E-state index in [1.165, 1.54) is 4.68 Å². The maximum Gasteiger partial charge on any atom is 0.283 e. The maximum atomic E-state index is 12.0. The average Bonchev–Trinajstić information content (AvgIpc) is 2.73. The lowest BCUT2D eigenvalue weighted by atomic mass is 10.2. The molecule has 0 unspecified atom stereocenters. The van der Waals surface area contributed by atoms with Crippen LogP contribution in [0.15, 0.2) is 34.3 Å². The van der Waals surface area contributed by atoms with Gasteiger partial charge in [-0.1, -0.05) is 6.08 Å². The number of rotatable bonds is 5. The van der Waals surface area contributed by atoms with Crippen LogP contribution in [0.3, 0.4) is 0 Å². The van der Waals surface area contributed by atoms with Crippen molar-refractivity contribution in [1.82, 2.24) is 19.6 Å². The predicted octanol–water partition coefficient (Wildman–Crippen LogP) is 1.85. The fourth-order valence-electron chi connectivity index (χ4n) is 1.85. The highest BCUT2D eigenvalue weighted by atomic mass is 79.9. The van der Waals surface area contributed by atoms with E-state index in [1.54, 1.807) is 17.0 Å². The van der Waals surface area contributed by atoms with Crippen molar-refractivity contribution in [3.05, 3.63) is 51.1 Å². The minimum Gasteiger partial charge on any atom is -0.378 e. The summed E-state index contributed by atoms with van der Waals surface area (Å²) in [7, 11) is 1.88. The van der Waals surface area contributed by atoms with Gasteiger partial charge in [0.2, 0.25) is 0 Å². The molecule has 7 heteroatoms. The van der Waals surface area contributed by atoms with Gasteiger partial charge in [0.1, 0.15) is 4.47 Å². The van der Waals surface area contributed by atoms with Gasteiger partial charge in [0, 0.05) is 25.4 Å². The highest BCUT2D eigenvalue weighted by Crippen LogP contribution is 2.17. The molecule has 6 nitrogen and oxygen atoms in total. The van der Waals surface area contributed by atoms with E-state index in [0.29, 0.717) is 23.2 Å². The second-order valence-electron chi connectivity index (χ2n) is 4.42. The van der Waals surface area contributed by atoms with Crippen LogP contribution >= 0.6 is 15.9 Å². The molecule has 0 amide bonds. The van der Waals surface area contributed by atoms with Gasteiger partial charge in [-0.15, -0.1) is 6.58 Å². The number of aromatic nitrogens is 4. The molecule has 0 aliphatic rings. The van der Waals surface area contributed by atoms with Crippen molar-refractivity contribution < 1.29 is 0 Å². The van der Waals surface area contributed by atoms with Gasteiger partial charge in [-0.2, -0.15) is 10.2 Å². The minimum atomic E-state index is -0.183. The molecule has 0 spiro atoms. The van der Waals surface area contributed by atoms with E-state index in [4.69, 9.17) is 0 Å². The molecule has 0 aliphatic heterocycles. The van der Waals surface area contributed by atoms with E-state index in [2.05, 4.69) is 38.0 Å². The summed E-state index contributed by atoms with van der Waals surface area (Å²) in [5, 5.41) is 11.6. The molecule has 0 fully saturated rings. The van der Waals surface area contributed by atoms with E-state index < -0.39 is 0 Å². The molecule has 0 atom stereocenters.